The number of hydrogen-bond acceptors (Lipinski definition) is 7. The number of aromatic nitrogens is 2. The van der Waals surface area contributed by atoms with Gasteiger partial charge in [-0.15, -0.1) is 0 Å². The maximum Gasteiger partial charge on any atom is 0.162 e. The highest BCUT2D eigenvalue weighted by Gasteiger charge is 2.33. The zero-order valence-electron chi connectivity index (χ0n) is 14.8. The van der Waals surface area contributed by atoms with Crippen LogP contribution >= 0.6 is 0 Å². The van der Waals surface area contributed by atoms with Crippen LogP contribution < -0.4 is 14.2 Å². The third-order valence-electron chi connectivity index (χ3n) is 4.24. The van der Waals surface area contributed by atoms with Crippen molar-refractivity contribution in [1.29, 1.82) is 5.26 Å². The number of nitriles is 1. The minimum Gasteiger partial charge on any atom is -0.493 e. The zero-order chi connectivity index (χ0) is 18.5. The van der Waals surface area contributed by atoms with Crippen LogP contribution in [-0.2, 0) is 7.05 Å². The number of nitrogens with zero attached hydrogens (tertiary/aromatic N) is 4. The van der Waals surface area contributed by atoms with Gasteiger partial charge in [0.05, 0.1) is 31.1 Å². The lowest BCUT2D eigenvalue weighted by molar-refractivity contribution is 0.0736. The van der Waals surface area contributed by atoms with Gasteiger partial charge in [0.15, 0.2) is 17.2 Å². The highest BCUT2D eigenvalue weighted by atomic mass is 16.5. The Morgan fingerprint density at radius 3 is 2.88 bits per heavy atom. The Bertz CT molecular complexity index is 786. The number of β-amino-alcohol motifs (C(OH)–C–C–N with tert-alkyl or cyclic N) is 1. The molecule has 0 spiro atoms. The van der Waals surface area contributed by atoms with Crippen LogP contribution in [0.3, 0.4) is 0 Å². The summed E-state index contributed by atoms with van der Waals surface area (Å²) in [6.07, 6.45) is 2.56. The summed E-state index contributed by atoms with van der Waals surface area (Å²) in [5, 5.41) is 23.2. The van der Waals surface area contributed by atoms with E-state index in [1.54, 1.807) is 42.4 Å². The quantitative estimate of drug-likeness (QED) is 0.783. The fraction of sp³-hybridized carbons (Fsp3) is 0.444. The molecule has 1 aliphatic heterocycles. The zero-order valence-corrected chi connectivity index (χ0v) is 14.8. The molecule has 26 heavy (non-hydrogen) atoms. The summed E-state index contributed by atoms with van der Waals surface area (Å²) in [6, 6.07) is 7.13. The van der Waals surface area contributed by atoms with Crippen LogP contribution in [0.2, 0.25) is 0 Å². The van der Waals surface area contributed by atoms with E-state index in [-0.39, 0.29) is 6.10 Å². The predicted octanol–water partition coefficient (Wildman–Crippen LogP) is 0.803. The standard InChI is InChI=1S/C18H22N4O4/c1-21-10-14(9-20-21)26-18-12-22(11-15(18)23)5-6-25-16-4-3-13(8-19)7-17(16)24-2/h3-4,7,9-10,15,18,23H,5-6,11-12H2,1-2H3/t15-,18-/m1/s1. The number of rotatable bonds is 7. The molecule has 0 unspecified atom stereocenters. The van der Waals surface area contributed by atoms with Gasteiger partial charge in [0, 0.05) is 32.7 Å². The van der Waals surface area contributed by atoms with Gasteiger partial charge in [-0.3, -0.25) is 9.58 Å². The molecule has 0 saturated carbocycles. The molecular weight excluding hydrogens is 336 g/mol. The highest BCUT2D eigenvalue weighted by Crippen LogP contribution is 2.28. The molecule has 1 aliphatic rings. The molecule has 1 fully saturated rings. The van der Waals surface area contributed by atoms with Crippen molar-refractivity contribution in [2.45, 2.75) is 12.2 Å². The van der Waals surface area contributed by atoms with Gasteiger partial charge in [0.2, 0.25) is 0 Å². The Hall–Kier alpha value is -2.76. The number of aryl methyl sites for hydroxylation is 1. The summed E-state index contributed by atoms with van der Waals surface area (Å²) in [7, 11) is 3.36. The van der Waals surface area contributed by atoms with Crippen molar-refractivity contribution in [2.75, 3.05) is 33.4 Å². The van der Waals surface area contributed by atoms with Crippen LogP contribution in [0.15, 0.2) is 30.6 Å². The molecule has 0 aliphatic carbocycles. The van der Waals surface area contributed by atoms with E-state index in [0.29, 0.717) is 49.1 Å². The van der Waals surface area contributed by atoms with Gasteiger partial charge in [-0.2, -0.15) is 10.4 Å². The van der Waals surface area contributed by atoms with Crippen molar-refractivity contribution in [3.8, 4) is 23.3 Å². The van der Waals surface area contributed by atoms with E-state index < -0.39 is 6.10 Å². The van der Waals surface area contributed by atoms with Gasteiger partial charge in [-0.05, 0) is 12.1 Å². The van der Waals surface area contributed by atoms with E-state index in [1.807, 2.05) is 7.05 Å². The van der Waals surface area contributed by atoms with Gasteiger partial charge in [-0.1, -0.05) is 0 Å². The van der Waals surface area contributed by atoms with Crippen molar-refractivity contribution in [3.05, 3.63) is 36.2 Å². The first-order valence-corrected chi connectivity index (χ1v) is 8.35. The Labute approximate surface area is 152 Å². The first kappa shape index (κ1) is 18.0. The topological polar surface area (TPSA) is 92.8 Å². The third kappa shape index (κ3) is 4.25. The van der Waals surface area contributed by atoms with Crippen LogP contribution in [-0.4, -0.2) is 65.3 Å². The van der Waals surface area contributed by atoms with Crippen LogP contribution in [0.1, 0.15) is 5.56 Å². The van der Waals surface area contributed by atoms with Gasteiger partial charge in [0.25, 0.3) is 0 Å². The molecule has 2 heterocycles. The summed E-state index contributed by atoms with van der Waals surface area (Å²) in [4.78, 5) is 2.09. The lowest BCUT2D eigenvalue weighted by atomic mass is 10.2. The number of aliphatic hydroxyl groups excluding tert-OH is 1. The fourth-order valence-electron chi connectivity index (χ4n) is 2.91. The average molecular weight is 358 g/mol. The third-order valence-corrected chi connectivity index (χ3v) is 4.24. The molecule has 8 heteroatoms. The molecular formula is C18H22N4O4. The monoisotopic (exact) mass is 358 g/mol. The lowest BCUT2D eigenvalue weighted by Crippen LogP contribution is -2.30. The molecule has 2 aromatic rings. The summed E-state index contributed by atoms with van der Waals surface area (Å²) in [5.74, 6) is 1.77. The second kappa shape index (κ2) is 8.08. The summed E-state index contributed by atoms with van der Waals surface area (Å²) < 4.78 is 18.5. The summed E-state index contributed by atoms with van der Waals surface area (Å²) >= 11 is 0. The maximum absolute atomic E-state index is 10.2. The number of hydrogen-bond donors (Lipinski definition) is 1. The van der Waals surface area contributed by atoms with Crippen LogP contribution in [0, 0.1) is 11.3 Å². The largest absolute Gasteiger partial charge is 0.493 e. The Kier molecular flexibility index (Phi) is 5.61. The molecule has 3 rings (SSSR count). The van der Waals surface area contributed by atoms with Crippen molar-refractivity contribution in [1.82, 2.24) is 14.7 Å². The van der Waals surface area contributed by atoms with Crippen molar-refractivity contribution in [2.24, 2.45) is 7.05 Å². The second-order valence-corrected chi connectivity index (χ2v) is 6.16. The van der Waals surface area contributed by atoms with Crippen LogP contribution in [0.25, 0.3) is 0 Å². The van der Waals surface area contributed by atoms with E-state index in [0.717, 1.165) is 0 Å². The molecule has 1 saturated heterocycles. The lowest BCUT2D eigenvalue weighted by Gasteiger charge is -2.17. The Morgan fingerprint density at radius 2 is 2.19 bits per heavy atom. The van der Waals surface area contributed by atoms with Gasteiger partial charge < -0.3 is 19.3 Å². The number of likely N-dealkylation sites (tertiary alicyclic amines) is 1. The minimum atomic E-state index is -0.556. The maximum atomic E-state index is 10.2. The summed E-state index contributed by atoms with van der Waals surface area (Å²) in [6.45, 7) is 2.23. The fourth-order valence-corrected chi connectivity index (χ4v) is 2.91. The van der Waals surface area contributed by atoms with Crippen molar-refractivity contribution >= 4 is 0 Å². The van der Waals surface area contributed by atoms with E-state index in [2.05, 4.69) is 16.1 Å². The van der Waals surface area contributed by atoms with E-state index >= 15 is 0 Å². The smallest absolute Gasteiger partial charge is 0.162 e. The predicted molar refractivity (Wildman–Crippen MR) is 93.3 cm³/mol. The number of ether oxygens (including phenoxy) is 3. The van der Waals surface area contributed by atoms with Crippen molar-refractivity contribution in [3.63, 3.8) is 0 Å². The average Bonchev–Trinajstić information content (AvgIpc) is 3.20. The van der Waals surface area contributed by atoms with E-state index in [9.17, 15) is 5.11 Å². The Balaban J connectivity index is 1.49. The SMILES string of the molecule is COc1cc(C#N)ccc1OCCN1C[C@@H](O)[C@H](Oc2cnn(C)c2)C1. The van der Waals surface area contributed by atoms with Gasteiger partial charge >= 0.3 is 0 Å². The van der Waals surface area contributed by atoms with Crippen LogP contribution in [0.4, 0.5) is 0 Å². The normalized spacial score (nSPS) is 19.9. The Morgan fingerprint density at radius 1 is 1.35 bits per heavy atom. The number of benzene rings is 1. The van der Waals surface area contributed by atoms with Crippen LogP contribution in [0.5, 0.6) is 17.2 Å². The molecule has 8 nitrogen and oxygen atoms in total. The summed E-state index contributed by atoms with van der Waals surface area (Å²) in [5.41, 5.74) is 0.521. The molecule has 2 atom stereocenters. The molecule has 0 bridgehead atoms. The molecule has 1 N–H and O–H groups in total. The molecule has 0 amide bonds. The molecule has 0 radical (unpaired) electrons. The number of aliphatic hydroxyl groups is 1. The molecule has 1 aromatic heterocycles. The van der Waals surface area contributed by atoms with E-state index in [1.165, 1.54) is 0 Å². The second-order valence-electron chi connectivity index (χ2n) is 6.16. The van der Waals surface area contributed by atoms with E-state index in [4.69, 9.17) is 19.5 Å². The molecule has 1 aromatic carbocycles. The highest BCUT2D eigenvalue weighted by molar-refractivity contribution is 5.46. The molecule has 138 valence electrons. The number of methoxy groups -OCH3 is 1. The van der Waals surface area contributed by atoms with Gasteiger partial charge in [0.1, 0.15) is 18.8 Å². The first-order chi connectivity index (χ1) is 12.6. The minimum absolute atomic E-state index is 0.288. The van der Waals surface area contributed by atoms with Gasteiger partial charge in [-0.25, -0.2) is 0 Å². The van der Waals surface area contributed by atoms with Crippen molar-refractivity contribution < 1.29 is 19.3 Å². The first-order valence-electron chi connectivity index (χ1n) is 8.35.